The zero-order chi connectivity index (χ0) is 13.0. The van der Waals surface area contributed by atoms with E-state index in [1.165, 1.54) is 0 Å². The highest BCUT2D eigenvalue weighted by atomic mass is 35.5. The van der Waals surface area contributed by atoms with Crippen LogP contribution in [-0.4, -0.2) is 18.2 Å². The fourth-order valence-corrected chi connectivity index (χ4v) is 2.16. The van der Waals surface area contributed by atoms with Crippen molar-refractivity contribution in [3.63, 3.8) is 0 Å². The Hall–Kier alpha value is -1.22. The fraction of sp³-hybridized carbons (Fsp3) is 0.462. The van der Waals surface area contributed by atoms with Gasteiger partial charge in [0.2, 0.25) is 0 Å². The van der Waals surface area contributed by atoms with E-state index in [2.05, 4.69) is 0 Å². The number of ether oxygens (including phenoxy) is 1. The third-order valence-electron chi connectivity index (χ3n) is 2.86. The normalized spacial score (nSPS) is 10.4. The highest BCUT2D eigenvalue weighted by Crippen LogP contribution is 2.33. The van der Waals surface area contributed by atoms with Gasteiger partial charge in [-0.1, -0.05) is 11.6 Å². The lowest BCUT2D eigenvalue weighted by molar-refractivity contribution is -0.137. The van der Waals surface area contributed by atoms with Gasteiger partial charge in [-0.3, -0.25) is 4.79 Å². The Morgan fingerprint density at radius 2 is 2.12 bits per heavy atom. The van der Waals surface area contributed by atoms with Crippen LogP contribution in [0.5, 0.6) is 5.75 Å². The maximum atomic E-state index is 10.5. The summed E-state index contributed by atoms with van der Waals surface area (Å²) in [6, 6.07) is 1.89. The maximum absolute atomic E-state index is 10.5. The number of carbonyl (C=O) groups is 1. The van der Waals surface area contributed by atoms with Crippen LogP contribution in [0.4, 0.5) is 0 Å². The van der Waals surface area contributed by atoms with Gasteiger partial charge < -0.3 is 9.84 Å². The van der Waals surface area contributed by atoms with Crippen molar-refractivity contribution in [1.82, 2.24) is 0 Å². The lowest BCUT2D eigenvalue weighted by Gasteiger charge is -2.14. The van der Waals surface area contributed by atoms with E-state index in [0.29, 0.717) is 17.2 Å². The van der Waals surface area contributed by atoms with E-state index in [-0.39, 0.29) is 6.42 Å². The maximum Gasteiger partial charge on any atom is 0.303 e. The molecule has 3 nitrogen and oxygen atoms in total. The summed E-state index contributed by atoms with van der Waals surface area (Å²) in [5, 5.41) is 9.24. The molecular formula is C13H17ClO3. The molecule has 0 saturated carbocycles. The molecule has 0 radical (unpaired) electrons. The summed E-state index contributed by atoms with van der Waals surface area (Å²) in [4.78, 5) is 10.5. The molecular weight excluding hydrogens is 240 g/mol. The Balaban J connectivity index is 2.92. The molecule has 1 aromatic carbocycles. The van der Waals surface area contributed by atoms with Crippen LogP contribution >= 0.6 is 11.6 Å². The molecule has 1 rings (SSSR count). The van der Waals surface area contributed by atoms with Gasteiger partial charge in [-0.2, -0.15) is 0 Å². The molecule has 17 heavy (non-hydrogen) atoms. The van der Waals surface area contributed by atoms with Gasteiger partial charge in [-0.05, 0) is 49.4 Å². The van der Waals surface area contributed by atoms with Crippen LogP contribution in [0, 0.1) is 13.8 Å². The Kier molecular flexibility index (Phi) is 4.82. The van der Waals surface area contributed by atoms with E-state index in [0.717, 1.165) is 23.1 Å². The minimum atomic E-state index is -0.764. The van der Waals surface area contributed by atoms with Crippen LogP contribution in [0.3, 0.4) is 0 Å². The van der Waals surface area contributed by atoms with Gasteiger partial charge in [0.05, 0.1) is 12.1 Å². The second-order valence-electron chi connectivity index (χ2n) is 4.06. The van der Waals surface area contributed by atoms with Crippen molar-refractivity contribution < 1.29 is 14.6 Å². The molecule has 0 aliphatic rings. The van der Waals surface area contributed by atoms with E-state index < -0.39 is 5.97 Å². The van der Waals surface area contributed by atoms with E-state index in [9.17, 15) is 4.79 Å². The number of hydrogen-bond donors (Lipinski definition) is 1. The van der Waals surface area contributed by atoms with Crippen LogP contribution in [0.15, 0.2) is 6.07 Å². The minimum Gasteiger partial charge on any atom is -0.495 e. The highest BCUT2D eigenvalue weighted by Gasteiger charge is 2.12. The predicted octanol–water partition coefficient (Wildman–Crippen LogP) is 3.37. The second-order valence-corrected chi connectivity index (χ2v) is 4.44. The summed E-state index contributed by atoms with van der Waals surface area (Å²) in [6.45, 7) is 3.93. The molecule has 1 aromatic rings. The van der Waals surface area contributed by atoms with E-state index in [1.54, 1.807) is 7.11 Å². The number of benzene rings is 1. The Bertz CT molecular complexity index is 427. The van der Waals surface area contributed by atoms with Crippen molar-refractivity contribution in [2.24, 2.45) is 0 Å². The summed E-state index contributed by atoms with van der Waals surface area (Å²) >= 11 is 6.17. The quantitative estimate of drug-likeness (QED) is 0.879. The lowest BCUT2D eigenvalue weighted by Crippen LogP contribution is -2.00. The first kappa shape index (κ1) is 13.8. The molecule has 0 bridgehead atoms. The smallest absolute Gasteiger partial charge is 0.303 e. The molecule has 0 aliphatic carbocycles. The van der Waals surface area contributed by atoms with Crippen molar-refractivity contribution in [3.05, 3.63) is 27.8 Å². The van der Waals surface area contributed by atoms with Gasteiger partial charge in [0.15, 0.2) is 0 Å². The Morgan fingerprint density at radius 1 is 1.47 bits per heavy atom. The van der Waals surface area contributed by atoms with Crippen LogP contribution in [-0.2, 0) is 11.2 Å². The van der Waals surface area contributed by atoms with Gasteiger partial charge in [0, 0.05) is 6.42 Å². The van der Waals surface area contributed by atoms with Crippen molar-refractivity contribution >= 4 is 17.6 Å². The van der Waals surface area contributed by atoms with Crippen molar-refractivity contribution in [1.29, 1.82) is 0 Å². The van der Waals surface area contributed by atoms with Crippen LogP contribution < -0.4 is 4.74 Å². The molecule has 1 N–H and O–H groups in total. The first-order valence-electron chi connectivity index (χ1n) is 5.51. The molecule has 0 spiro atoms. The number of halogens is 1. The molecule has 4 heteroatoms. The third-order valence-corrected chi connectivity index (χ3v) is 3.33. The number of rotatable bonds is 5. The van der Waals surface area contributed by atoms with Crippen LogP contribution in [0.1, 0.15) is 29.5 Å². The lowest BCUT2D eigenvalue weighted by atomic mass is 9.97. The Morgan fingerprint density at radius 3 is 2.65 bits per heavy atom. The standard InChI is InChI=1S/C13H17ClO3/c1-8-7-11(17-3)13(14)9(2)10(8)5-4-6-12(15)16/h7H,4-6H2,1-3H3,(H,15,16). The van der Waals surface area contributed by atoms with Crippen molar-refractivity contribution in [2.45, 2.75) is 33.1 Å². The molecule has 0 aromatic heterocycles. The predicted molar refractivity (Wildman–Crippen MR) is 68.1 cm³/mol. The summed E-state index contributed by atoms with van der Waals surface area (Å²) < 4.78 is 5.18. The first-order chi connectivity index (χ1) is 7.97. The molecule has 0 aliphatic heterocycles. The summed E-state index contributed by atoms with van der Waals surface area (Å²) in [6.07, 6.45) is 1.54. The van der Waals surface area contributed by atoms with E-state index >= 15 is 0 Å². The van der Waals surface area contributed by atoms with Gasteiger partial charge in [0.1, 0.15) is 5.75 Å². The first-order valence-corrected chi connectivity index (χ1v) is 5.89. The molecule has 0 fully saturated rings. The minimum absolute atomic E-state index is 0.183. The third kappa shape index (κ3) is 3.37. The number of aliphatic carboxylic acids is 1. The average Bonchev–Trinajstić information content (AvgIpc) is 2.27. The number of carboxylic acids is 1. The number of hydrogen-bond acceptors (Lipinski definition) is 2. The fourth-order valence-electron chi connectivity index (χ4n) is 1.91. The molecule has 0 amide bonds. The van der Waals surface area contributed by atoms with Gasteiger partial charge in [-0.15, -0.1) is 0 Å². The van der Waals surface area contributed by atoms with E-state index in [1.807, 2.05) is 19.9 Å². The molecule has 0 unspecified atom stereocenters. The zero-order valence-electron chi connectivity index (χ0n) is 10.3. The largest absolute Gasteiger partial charge is 0.495 e. The summed E-state index contributed by atoms with van der Waals surface area (Å²) in [5.41, 5.74) is 3.19. The van der Waals surface area contributed by atoms with Crippen molar-refractivity contribution in [2.75, 3.05) is 7.11 Å². The number of carboxylic acid groups (broad SMARTS) is 1. The molecule has 0 saturated heterocycles. The topological polar surface area (TPSA) is 46.5 Å². The number of aryl methyl sites for hydroxylation is 1. The van der Waals surface area contributed by atoms with Crippen LogP contribution in [0.25, 0.3) is 0 Å². The SMILES string of the molecule is COc1cc(C)c(CCCC(=O)O)c(C)c1Cl. The van der Waals surface area contributed by atoms with Crippen molar-refractivity contribution in [3.8, 4) is 5.75 Å². The number of methoxy groups -OCH3 is 1. The highest BCUT2D eigenvalue weighted by molar-refractivity contribution is 6.33. The van der Waals surface area contributed by atoms with Gasteiger partial charge in [0.25, 0.3) is 0 Å². The Labute approximate surface area is 106 Å². The summed E-state index contributed by atoms with van der Waals surface area (Å²) in [7, 11) is 1.59. The summed E-state index contributed by atoms with van der Waals surface area (Å²) in [5.74, 6) is -0.0939. The van der Waals surface area contributed by atoms with Gasteiger partial charge in [-0.25, -0.2) is 0 Å². The molecule has 0 heterocycles. The van der Waals surface area contributed by atoms with Gasteiger partial charge >= 0.3 is 5.97 Å². The van der Waals surface area contributed by atoms with E-state index in [4.69, 9.17) is 21.4 Å². The van der Waals surface area contributed by atoms with Crippen LogP contribution in [0.2, 0.25) is 5.02 Å². The monoisotopic (exact) mass is 256 g/mol. The second kappa shape index (κ2) is 5.92. The zero-order valence-corrected chi connectivity index (χ0v) is 11.1. The molecule has 94 valence electrons. The molecule has 0 atom stereocenters. The average molecular weight is 257 g/mol.